The van der Waals surface area contributed by atoms with Crippen LogP contribution in [-0.4, -0.2) is 10.2 Å². The summed E-state index contributed by atoms with van der Waals surface area (Å²) >= 11 is 0. The number of phenolic OH excluding ortho intramolecular Hbond substituents is 1. The van der Waals surface area contributed by atoms with Gasteiger partial charge >= 0.3 is 22.4 Å². The van der Waals surface area contributed by atoms with Gasteiger partial charge in [0, 0.05) is 0 Å². The van der Waals surface area contributed by atoms with Crippen molar-refractivity contribution in [1.82, 2.24) is 0 Å². The van der Waals surface area contributed by atoms with E-state index in [0.717, 1.165) is 0 Å². The van der Waals surface area contributed by atoms with E-state index in [-0.39, 0.29) is 22.4 Å². The predicted molar refractivity (Wildman–Crippen MR) is 38.5 cm³/mol. The number of nitrogens with zero attached hydrogens (tertiary/aromatic N) is 1. The first-order valence-electron chi connectivity index (χ1n) is 2.68. The molecule has 0 unspecified atom stereocenters. The molecule has 1 aromatic carbocycles. The third-order valence-electron chi connectivity index (χ3n) is 0.756. The SMILES string of the molecule is O=[N+]([O-])[O-].Oc1ccccc1.[Ag+]. The summed E-state index contributed by atoms with van der Waals surface area (Å²) in [5.41, 5.74) is 0. The van der Waals surface area contributed by atoms with Crippen molar-refractivity contribution in [2.45, 2.75) is 0 Å². The number of hydrogen-bond donors (Lipinski definition) is 1. The third kappa shape index (κ3) is 11.7. The summed E-state index contributed by atoms with van der Waals surface area (Å²) in [5, 5.41) is 23.4. The molecule has 0 aliphatic rings. The Kier molecular flexibility index (Phi) is 9.10. The van der Waals surface area contributed by atoms with E-state index in [1.54, 1.807) is 24.3 Å². The number of hydrogen-bond acceptors (Lipinski definition) is 4. The average molecular weight is 264 g/mol. The van der Waals surface area contributed by atoms with Gasteiger partial charge in [-0.15, -0.1) is 0 Å². The van der Waals surface area contributed by atoms with E-state index in [4.69, 9.17) is 20.4 Å². The van der Waals surface area contributed by atoms with Crippen molar-refractivity contribution in [3.05, 3.63) is 45.7 Å². The number of para-hydroxylation sites is 1. The van der Waals surface area contributed by atoms with E-state index >= 15 is 0 Å². The number of rotatable bonds is 0. The molecular weight excluding hydrogens is 258 g/mol. The van der Waals surface area contributed by atoms with Crippen LogP contribution in [0.1, 0.15) is 0 Å². The maximum absolute atomic E-state index is 8.63. The molecule has 0 bridgehead atoms. The molecule has 0 aliphatic carbocycles. The van der Waals surface area contributed by atoms with Gasteiger partial charge in [0.1, 0.15) is 5.75 Å². The minimum Gasteiger partial charge on any atom is -0.508 e. The van der Waals surface area contributed by atoms with Crippen molar-refractivity contribution in [1.29, 1.82) is 0 Å². The smallest absolute Gasteiger partial charge is 0.508 e. The summed E-state index contributed by atoms with van der Waals surface area (Å²) < 4.78 is 0. The summed E-state index contributed by atoms with van der Waals surface area (Å²) in [5.74, 6) is 0.322. The van der Waals surface area contributed by atoms with E-state index < -0.39 is 5.09 Å². The fourth-order valence-electron chi connectivity index (χ4n) is 0.428. The second-order valence-corrected chi connectivity index (χ2v) is 1.56. The minimum absolute atomic E-state index is 0. The fourth-order valence-corrected chi connectivity index (χ4v) is 0.428. The fraction of sp³-hybridized carbons (Fsp3) is 0. The summed E-state index contributed by atoms with van der Waals surface area (Å²) in [7, 11) is 0. The molecule has 6 heteroatoms. The van der Waals surface area contributed by atoms with Crippen molar-refractivity contribution in [3.63, 3.8) is 0 Å². The third-order valence-corrected chi connectivity index (χ3v) is 0.756. The molecule has 0 amide bonds. The second kappa shape index (κ2) is 8.06. The Morgan fingerprint density at radius 1 is 1.17 bits per heavy atom. The van der Waals surface area contributed by atoms with Gasteiger partial charge in [-0.05, 0) is 12.1 Å². The van der Waals surface area contributed by atoms with Gasteiger partial charge in [0.05, 0.1) is 5.09 Å². The zero-order valence-electron chi connectivity index (χ0n) is 5.81. The Bertz CT molecular complexity index is 212. The van der Waals surface area contributed by atoms with Crippen LogP contribution in [0.15, 0.2) is 30.3 Å². The molecule has 0 saturated carbocycles. The van der Waals surface area contributed by atoms with Crippen LogP contribution in [-0.2, 0) is 22.4 Å². The van der Waals surface area contributed by atoms with Crippen LogP contribution in [0.5, 0.6) is 5.75 Å². The summed E-state index contributed by atoms with van der Waals surface area (Å²) in [6.45, 7) is 0. The van der Waals surface area contributed by atoms with E-state index in [2.05, 4.69) is 0 Å². The van der Waals surface area contributed by atoms with Gasteiger partial charge in [0.15, 0.2) is 0 Å². The van der Waals surface area contributed by atoms with Crippen molar-refractivity contribution in [3.8, 4) is 5.75 Å². The van der Waals surface area contributed by atoms with E-state index in [0.29, 0.717) is 5.75 Å². The zero-order chi connectivity index (χ0) is 8.69. The van der Waals surface area contributed by atoms with Crippen LogP contribution in [0.3, 0.4) is 0 Å². The van der Waals surface area contributed by atoms with Gasteiger partial charge in [-0.25, -0.2) is 0 Å². The maximum atomic E-state index is 8.63. The normalized spacial score (nSPS) is 7.00. The molecule has 0 aromatic heterocycles. The van der Waals surface area contributed by atoms with Crippen LogP contribution in [0.25, 0.3) is 0 Å². The monoisotopic (exact) mass is 263 g/mol. The molecule has 1 aromatic rings. The first-order valence-corrected chi connectivity index (χ1v) is 2.68. The molecule has 0 radical (unpaired) electrons. The first-order chi connectivity index (χ1) is 5.13. The second-order valence-electron chi connectivity index (χ2n) is 1.56. The van der Waals surface area contributed by atoms with Crippen LogP contribution in [0, 0.1) is 15.3 Å². The van der Waals surface area contributed by atoms with Gasteiger partial charge in [0.25, 0.3) is 0 Å². The zero-order valence-corrected chi connectivity index (χ0v) is 7.29. The molecule has 1 rings (SSSR count). The van der Waals surface area contributed by atoms with Gasteiger partial charge in [-0.2, -0.15) is 0 Å². The molecular formula is C6H6AgNO4. The molecule has 5 nitrogen and oxygen atoms in total. The molecule has 70 valence electrons. The predicted octanol–water partition coefficient (Wildman–Crippen LogP) is 1.15. The Hall–Kier alpha value is -1.04. The standard InChI is InChI=1S/C6H6O.Ag.NO3/c7-6-4-2-1-3-5-6;;2-1(3)4/h1-5,7H;;/q;+1;-1. The average Bonchev–Trinajstić information content (AvgIpc) is 1.87. The van der Waals surface area contributed by atoms with Gasteiger partial charge in [-0.1, -0.05) is 18.2 Å². The summed E-state index contributed by atoms with van der Waals surface area (Å²) in [6.07, 6.45) is 0. The van der Waals surface area contributed by atoms with Crippen LogP contribution < -0.4 is 0 Å². The topological polar surface area (TPSA) is 86.4 Å². The van der Waals surface area contributed by atoms with Gasteiger partial charge in [-0.3, -0.25) is 0 Å². The first kappa shape index (κ1) is 13.5. The Labute approximate surface area is 84.3 Å². The van der Waals surface area contributed by atoms with E-state index in [9.17, 15) is 0 Å². The van der Waals surface area contributed by atoms with Crippen LogP contribution in [0.4, 0.5) is 0 Å². The van der Waals surface area contributed by atoms with Crippen molar-refractivity contribution < 1.29 is 32.6 Å². The molecule has 12 heavy (non-hydrogen) atoms. The van der Waals surface area contributed by atoms with E-state index in [1.807, 2.05) is 6.07 Å². The van der Waals surface area contributed by atoms with E-state index in [1.165, 1.54) is 0 Å². The largest absolute Gasteiger partial charge is 1.00 e. The summed E-state index contributed by atoms with van der Waals surface area (Å²) in [4.78, 5) is 8.25. The van der Waals surface area contributed by atoms with Crippen molar-refractivity contribution in [2.24, 2.45) is 0 Å². The molecule has 0 atom stereocenters. The maximum Gasteiger partial charge on any atom is 1.00 e. The van der Waals surface area contributed by atoms with Gasteiger partial charge < -0.3 is 20.4 Å². The molecule has 0 fully saturated rings. The number of phenols is 1. The Balaban J connectivity index is 0. The molecule has 0 heterocycles. The van der Waals surface area contributed by atoms with Crippen molar-refractivity contribution in [2.75, 3.05) is 0 Å². The van der Waals surface area contributed by atoms with Crippen LogP contribution >= 0.6 is 0 Å². The quantitative estimate of drug-likeness (QED) is 0.432. The molecule has 1 N–H and O–H groups in total. The number of benzene rings is 1. The Morgan fingerprint density at radius 3 is 1.67 bits per heavy atom. The minimum atomic E-state index is -1.75. The molecule has 0 saturated heterocycles. The Morgan fingerprint density at radius 2 is 1.50 bits per heavy atom. The van der Waals surface area contributed by atoms with Crippen molar-refractivity contribution >= 4 is 0 Å². The van der Waals surface area contributed by atoms with Crippen LogP contribution in [0.2, 0.25) is 0 Å². The number of aromatic hydroxyl groups is 1. The molecule has 0 spiro atoms. The molecule has 0 aliphatic heterocycles. The summed E-state index contributed by atoms with van der Waals surface area (Å²) in [6, 6.07) is 8.71. The van der Waals surface area contributed by atoms with Gasteiger partial charge in [0.2, 0.25) is 0 Å².